The van der Waals surface area contributed by atoms with Gasteiger partial charge in [-0.2, -0.15) is 5.26 Å². The Balaban J connectivity index is 2.36. The number of hydrogen-bond donors (Lipinski definition) is 2. The molecule has 2 heterocycles. The fourth-order valence-electron chi connectivity index (χ4n) is 2.48. The first-order chi connectivity index (χ1) is 13.0. The number of sulfone groups is 1. The molecule has 0 bridgehead atoms. The van der Waals surface area contributed by atoms with E-state index in [1.165, 1.54) is 23.8 Å². The molecular weight excluding hydrogens is 391 g/mol. The molecule has 2 rings (SSSR count). The van der Waals surface area contributed by atoms with Crippen LogP contribution in [0.4, 0.5) is 4.39 Å². The number of nitrogens with zero attached hydrogens (tertiary/aromatic N) is 3. The van der Waals surface area contributed by atoms with Crippen LogP contribution in [0.2, 0.25) is 0 Å². The van der Waals surface area contributed by atoms with E-state index in [1.807, 2.05) is 6.07 Å². The summed E-state index contributed by atoms with van der Waals surface area (Å²) in [6.07, 6.45) is 2.62. The Morgan fingerprint density at radius 1 is 1.46 bits per heavy atom. The monoisotopic (exact) mass is 408 g/mol. The molecule has 148 valence electrons. The number of nitrogens with one attached hydrogen (secondary N) is 1. The van der Waals surface area contributed by atoms with E-state index in [1.54, 1.807) is 0 Å². The topological polar surface area (TPSA) is 142 Å². The van der Waals surface area contributed by atoms with Gasteiger partial charge >= 0.3 is 0 Å². The Hall–Kier alpha value is -3.10. The van der Waals surface area contributed by atoms with Crippen molar-refractivity contribution in [3.63, 3.8) is 0 Å². The smallest absolute Gasteiger partial charge is 0.264 e. The minimum Gasteiger partial charge on any atom is -0.312 e. The number of carbonyl (C=O) groups is 1. The summed E-state index contributed by atoms with van der Waals surface area (Å²) in [6, 6.07) is 5.67. The number of halogens is 1. The molecule has 0 aliphatic carbocycles. The molecule has 0 saturated carbocycles. The molecule has 0 aliphatic rings. The Kier molecular flexibility index (Phi) is 5.96. The van der Waals surface area contributed by atoms with Gasteiger partial charge in [-0.05, 0) is 25.5 Å². The summed E-state index contributed by atoms with van der Waals surface area (Å²) in [5.41, 5.74) is 1.08. The molecule has 1 amide bonds. The van der Waals surface area contributed by atoms with E-state index >= 15 is 0 Å². The van der Waals surface area contributed by atoms with Crippen LogP contribution in [-0.2, 0) is 21.2 Å². The van der Waals surface area contributed by atoms with E-state index in [-0.39, 0.29) is 24.2 Å². The van der Waals surface area contributed by atoms with Crippen molar-refractivity contribution >= 4 is 15.7 Å². The summed E-state index contributed by atoms with van der Waals surface area (Å²) in [5.74, 6) is -1.91. The van der Waals surface area contributed by atoms with Crippen LogP contribution in [0.3, 0.4) is 0 Å². The molecule has 28 heavy (non-hydrogen) atoms. The molecule has 2 N–H and O–H groups in total. The van der Waals surface area contributed by atoms with Crippen molar-refractivity contribution in [2.45, 2.75) is 24.6 Å². The van der Waals surface area contributed by atoms with E-state index in [0.717, 1.165) is 30.0 Å². The third kappa shape index (κ3) is 4.08. The zero-order valence-corrected chi connectivity index (χ0v) is 15.8. The second kappa shape index (κ2) is 7.87. The van der Waals surface area contributed by atoms with Crippen LogP contribution in [0.15, 0.2) is 35.4 Å². The number of pyridine rings is 2. The first kappa shape index (κ1) is 21.2. The Morgan fingerprint density at radius 3 is 2.64 bits per heavy atom. The first-order valence-corrected chi connectivity index (χ1v) is 9.83. The van der Waals surface area contributed by atoms with Gasteiger partial charge in [-0.1, -0.05) is 0 Å². The zero-order valence-electron chi connectivity index (χ0n) is 15.0. The third-order valence-corrected chi connectivity index (χ3v) is 6.52. The number of aryl methyl sites for hydroxylation is 1. The van der Waals surface area contributed by atoms with Gasteiger partial charge in [0, 0.05) is 42.4 Å². The highest BCUT2D eigenvalue weighted by Gasteiger charge is 2.43. The number of amides is 1. The number of rotatable bonds is 6. The number of carbonyl (C=O) groups excluding carboxylic acids is 1. The van der Waals surface area contributed by atoms with Crippen molar-refractivity contribution in [2.75, 3.05) is 6.26 Å². The van der Waals surface area contributed by atoms with Gasteiger partial charge < -0.3 is 4.57 Å². The lowest BCUT2D eigenvalue weighted by Crippen LogP contribution is -2.50. The highest BCUT2D eigenvalue weighted by molar-refractivity contribution is 7.92. The van der Waals surface area contributed by atoms with Crippen LogP contribution in [0, 0.1) is 17.1 Å². The van der Waals surface area contributed by atoms with Gasteiger partial charge in [0.2, 0.25) is 0 Å². The molecule has 0 aliphatic heterocycles. The summed E-state index contributed by atoms with van der Waals surface area (Å²) in [5, 5.41) is 17.6. The standard InChI is InChI=1S/C17H17FN4O5S/c1-17(16(24)21-25,28(2,26)27)5-6-22-10-14(18)13(7-15(22)23)11-3-4-12(8-19)20-9-11/h3-4,7,9-10,25H,5-6H2,1-2H3,(H,21,24). The van der Waals surface area contributed by atoms with Crippen LogP contribution >= 0.6 is 0 Å². The zero-order chi connectivity index (χ0) is 21.1. The molecule has 2 aromatic heterocycles. The summed E-state index contributed by atoms with van der Waals surface area (Å²) in [7, 11) is -3.94. The van der Waals surface area contributed by atoms with Gasteiger partial charge in [-0.15, -0.1) is 0 Å². The van der Waals surface area contributed by atoms with Gasteiger partial charge in [-0.3, -0.25) is 14.8 Å². The molecule has 1 unspecified atom stereocenters. The summed E-state index contributed by atoms with van der Waals surface area (Å²) < 4.78 is 37.3. The molecule has 0 spiro atoms. The van der Waals surface area contributed by atoms with Crippen LogP contribution in [0.5, 0.6) is 0 Å². The molecule has 1 atom stereocenters. The second-order valence-corrected chi connectivity index (χ2v) is 8.75. The average Bonchev–Trinajstić information content (AvgIpc) is 2.66. The lowest BCUT2D eigenvalue weighted by Gasteiger charge is -2.25. The lowest BCUT2D eigenvalue weighted by molar-refractivity contribution is -0.131. The molecule has 9 nitrogen and oxygen atoms in total. The molecule has 0 saturated heterocycles. The number of nitriles is 1. The van der Waals surface area contributed by atoms with Crippen LogP contribution in [0.1, 0.15) is 19.0 Å². The van der Waals surface area contributed by atoms with E-state index in [4.69, 9.17) is 10.5 Å². The van der Waals surface area contributed by atoms with Crippen molar-refractivity contribution in [3.8, 4) is 17.2 Å². The fourth-order valence-corrected chi connectivity index (χ4v) is 3.32. The Morgan fingerprint density at radius 2 is 2.14 bits per heavy atom. The second-order valence-electron chi connectivity index (χ2n) is 6.30. The van der Waals surface area contributed by atoms with Crippen molar-refractivity contribution in [3.05, 3.63) is 52.5 Å². The van der Waals surface area contributed by atoms with Gasteiger partial charge in [-0.25, -0.2) is 23.3 Å². The predicted molar refractivity (Wildman–Crippen MR) is 96.4 cm³/mol. The van der Waals surface area contributed by atoms with Gasteiger partial charge in [0.15, 0.2) is 14.6 Å². The quantitative estimate of drug-likeness (QED) is 0.527. The maximum atomic E-state index is 14.5. The average molecular weight is 408 g/mol. The number of hydroxylamine groups is 1. The molecule has 11 heteroatoms. The van der Waals surface area contributed by atoms with Crippen molar-refractivity contribution in [2.24, 2.45) is 0 Å². The first-order valence-electron chi connectivity index (χ1n) is 7.94. The Bertz CT molecular complexity index is 1110. The van der Waals surface area contributed by atoms with Crippen molar-refractivity contribution in [1.29, 1.82) is 5.26 Å². The number of hydrogen-bond acceptors (Lipinski definition) is 7. The number of aromatic nitrogens is 2. The summed E-state index contributed by atoms with van der Waals surface area (Å²) in [6.45, 7) is 0.824. The minimum atomic E-state index is -3.94. The van der Waals surface area contributed by atoms with Gasteiger partial charge in [0.1, 0.15) is 17.6 Å². The van der Waals surface area contributed by atoms with Crippen molar-refractivity contribution in [1.82, 2.24) is 15.0 Å². The third-order valence-electron chi connectivity index (χ3n) is 4.50. The fraction of sp³-hybridized carbons (Fsp3) is 0.294. The minimum absolute atomic E-state index is 0.0304. The normalized spacial score (nSPS) is 13.4. The largest absolute Gasteiger partial charge is 0.312 e. The summed E-state index contributed by atoms with van der Waals surface area (Å²) >= 11 is 0. The molecule has 0 radical (unpaired) electrons. The van der Waals surface area contributed by atoms with E-state index in [2.05, 4.69) is 4.98 Å². The van der Waals surface area contributed by atoms with E-state index in [9.17, 15) is 22.4 Å². The highest BCUT2D eigenvalue weighted by atomic mass is 32.2. The van der Waals surface area contributed by atoms with Crippen LogP contribution < -0.4 is 11.0 Å². The van der Waals surface area contributed by atoms with Crippen LogP contribution in [-0.4, -0.2) is 40.1 Å². The lowest BCUT2D eigenvalue weighted by atomic mass is 10.1. The maximum absolute atomic E-state index is 14.5. The van der Waals surface area contributed by atoms with Crippen LogP contribution in [0.25, 0.3) is 11.1 Å². The molecule has 2 aromatic rings. The summed E-state index contributed by atoms with van der Waals surface area (Å²) in [4.78, 5) is 28.0. The maximum Gasteiger partial charge on any atom is 0.264 e. The predicted octanol–water partition coefficient (Wildman–Crippen LogP) is 0.620. The Labute approximate surface area is 159 Å². The van der Waals surface area contributed by atoms with Gasteiger partial charge in [0.05, 0.1) is 0 Å². The molecule has 0 aromatic carbocycles. The molecule has 0 fully saturated rings. The van der Waals surface area contributed by atoms with E-state index in [0.29, 0.717) is 5.56 Å². The van der Waals surface area contributed by atoms with Crippen molar-refractivity contribution < 1.29 is 22.8 Å². The molecular formula is C17H17FN4O5S. The SMILES string of the molecule is CC(CCn1cc(F)c(-c2ccc(C#N)nc2)cc1=O)(C(=O)NO)S(C)(=O)=O. The van der Waals surface area contributed by atoms with E-state index < -0.39 is 31.9 Å². The van der Waals surface area contributed by atoms with Gasteiger partial charge in [0.25, 0.3) is 11.5 Å². The highest BCUT2D eigenvalue weighted by Crippen LogP contribution is 2.23.